The highest BCUT2D eigenvalue weighted by atomic mass is 16.3. The number of nitrogens with zero attached hydrogens (tertiary/aromatic N) is 6. The number of aromatic nitrogens is 4. The first-order chi connectivity index (χ1) is 18.2. The molecule has 8 heteroatoms. The Hall–Kier alpha value is -1.96. The predicted molar refractivity (Wildman–Crippen MR) is 147 cm³/mol. The maximum absolute atomic E-state index is 13.2. The second-order valence-electron chi connectivity index (χ2n) is 13.9. The van der Waals surface area contributed by atoms with Crippen molar-refractivity contribution in [2.24, 2.45) is 47.5 Å². The lowest BCUT2D eigenvalue weighted by molar-refractivity contribution is -0.132. The maximum Gasteiger partial charge on any atom is 0.245 e. The van der Waals surface area contributed by atoms with Gasteiger partial charge in [-0.25, -0.2) is 4.68 Å². The van der Waals surface area contributed by atoms with E-state index in [0.29, 0.717) is 29.1 Å². The molecule has 1 aromatic heterocycles. The van der Waals surface area contributed by atoms with Crippen LogP contribution < -0.4 is 4.90 Å². The number of tetrazole rings is 1. The van der Waals surface area contributed by atoms with Crippen molar-refractivity contribution in [1.29, 1.82) is 0 Å². The summed E-state index contributed by atoms with van der Waals surface area (Å²) in [7, 11) is 1.86. The van der Waals surface area contributed by atoms with Crippen molar-refractivity contribution >= 4 is 11.9 Å². The minimum atomic E-state index is -0.127. The molecular formula is C30H48N6O2. The van der Waals surface area contributed by atoms with Crippen molar-refractivity contribution in [3.63, 3.8) is 0 Å². The maximum atomic E-state index is 13.2. The van der Waals surface area contributed by atoms with Crippen molar-refractivity contribution in [1.82, 2.24) is 25.1 Å². The number of aliphatic hydroxyl groups excluding tert-OH is 1. The largest absolute Gasteiger partial charge is 0.393 e. The first-order valence-corrected chi connectivity index (χ1v) is 15.3. The van der Waals surface area contributed by atoms with Crippen molar-refractivity contribution in [3.05, 3.63) is 11.6 Å². The van der Waals surface area contributed by atoms with E-state index in [1.807, 2.05) is 11.9 Å². The van der Waals surface area contributed by atoms with Gasteiger partial charge in [0.25, 0.3) is 0 Å². The van der Waals surface area contributed by atoms with Gasteiger partial charge in [0.15, 0.2) is 0 Å². The minimum absolute atomic E-state index is 0.127. The Morgan fingerprint density at radius 2 is 1.89 bits per heavy atom. The Morgan fingerprint density at radius 1 is 1.11 bits per heavy atom. The van der Waals surface area contributed by atoms with Gasteiger partial charge in [-0.05, 0) is 109 Å². The van der Waals surface area contributed by atoms with Crippen LogP contribution in [0.25, 0.3) is 0 Å². The van der Waals surface area contributed by atoms with Crippen molar-refractivity contribution in [2.75, 3.05) is 31.1 Å². The molecule has 8 atom stereocenters. The predicted octanol–water partition coefficient (Wildman–Crippen LogP) is 4.21. The second-order valence-corrected chi connectivity index (χ2v) is 13.9. The summed E-state index contributed by atoms with van der Waals surface area (Å²) < 4.78 is 1.70. The van der Waals surface area contributed by atoms with E-state index >= 15 is 0 Å². The first-order valence-electron chi connectivity index (χ1n) is 15.3. The van der Waals surface area contributed by atoms with E-state index in [1.165, 1.54) is 32.1 Å². The number of fused-ring (bicyclic) bond motifs is 5. The number of amides is 1. The summed E-state index contributed by atoms with van der Waals surface area (Å²) in [6, 6.07) is 0. The lowest BCUT2D eigenvalue weighted by atomic mass is 9.47. The van der Waals surface area contributed by atoms with Crippen molar-refractivity contribution in [2.45, 2.75) is 91.1 Å². The summed E-state index contributed by atoms with van der Waals surface area (Å²) in [6.07, 6.45) is 13.7. The lowest BCUT2D eigenvalue weighted by Crippen LogP contribution is -2.51. The summed E-state index contributed by atoms with van der Waals surface area (Å²) in [5.74, 6) is 4.82. The van der Waals surface area contributed by atoms with Gasteiger partial charge in [0.05, 0.1) is 6.10 Å². The number of aliphatic hydroxyl groups is 1. The first kappa shape index (κ1) is 26.3. The Balaban J connectivity index is 1.05. The monoisotopic (exact) mass is 524 g/mol. The summed E-state index contributed by atoms with van der Waals surface area (Å²) in [5, 5.41) is 22.1. The van der Waals surface area contributed by atoms with E-state index in [0.717, 1.165) is 81.5 Å². The fraction of sp³-hybridized carbons (Fsp3) is 0.867. The van der Waals surface area contributed by atoms with E-state index in [9.17, 15) is 9.90 Å². The Morgan fingerprint density at radius 3 is 2.63 bits per heavy atom. The average Bonchev–Trinajstić information content (AvgIpc) is 3.50. The highest BCUT2D eigenvalue weighted by Crippen LogP contribution is 2.67. The standard InChI is InChI=1S/C30H48N6O2/c1-20(5-10-27(38)35-15-17-36(18-16-35)28-31-32-33-34(28)4)24-8-9-25-23-7-6-21-19-22(37)11-13-29(21,2)26(23)12-14-30(24,25)3/h6,20,22-26,37H,5,7-19H2,1-4H3/t20?,22-,23-,24+,25-,26-,29-,30+/m0/s1. The molecule has 4 fully saturated rings. The second kappa shape index (κ2) is 9.90. The molecule has 4 aliphatic carbocycles. The molecule has 6 rings (SSSR count). The Labute approximate surface area is 228 Å². The zero-order valence-electron chi connectivity index (χ0n) is 24.0. The fourth-order valence-electron chi connectivity index (χ4n) is 9.98. The van der Waals surface area contributed by atoms with Gasteiger partial charge < -0.3 is 14.9 Å². The van der Waals surface area contributed by atoms with Crippen LogP contribution in [-0.2, 0) is 11.8 Å². The number of hydrogen-bond donors (Lipinski definition) is 1. The van der Waals surface area contributed by atoms with Crippen LogP contribution >= 0.6 is 0 Å². The molecular weight excluding hydrogens is 476 g/mol. The van der Waals surface area contributed by atoms with E-state index < -0.39 is 0 Å². The molecule has 0 bridgehead atoms. The molecule has 1 aliphatic heterocycles. The number of piperazine rings is 1. The molecule has 1 N–H and O–H groups in total. The molecule has 0 spiro atoms. The number of anilines is 1. The summed E-state index contributed by atoms with van der Waals surface area (Å²) in [5.41, 5.74) is 2.29. The molecule has 38 heavy (non-hydrogen) atoms. The molecule has 0 aromatic carbocycles. The number of hydrogen-bond acceptors (Lipinski definition) is 6. The number of aryl methyl sites for hydroxylation is 1. The van der Waals surface area contributed by atoms with Crippen molar-refractivity contribution in [3.8, 4) is 0 Å². The highest BCUT2D eigenvalue weighted by molar-refractivity contribution is 5.76. The molecule has 1 amide bonds. The molecule has 1 saturated heterocycles. The summed E-state index contributed by atoms with van der Waals surface area (Å²) in [4.78, 5) is 17.4. The zero-order valence-corrected chi connectivity index (χ0v) is 24.0. The van der Waals surface area contributed by atoms with E-state index in [2.05, 4.69) is 47.3 Å². The molecule has 2 heterocycles. The highest BCUT2D eigenvalue weighted by Gasteiger charge is 2.59. The minimum Gasteiger partial charge on any atom is -0.393 e. The zero-order chi connectivity index (χ0) is 26.7. The van der Waals surface area contributed by atoms with Gasteiger partial charge in [-0.1, -0.05) is 37.5 Å². The fourth-order valence-corrected chi connectivity index (χ4v) is 9.98. The third-order valence-electron chi connectivity index (χ3n) is 12.2. The Bertz CT molecular complexity index is 1060. The van der Waals surface area contributed by atoms with Gasteiger partial charge >= 0.3 is 0 Å². The quantitative estimate of drug-likeness (QED) is 0.581. The van der Waals surface area contributed by atoms with Crippen LogP contribution in [0.15, 0.2) is 11.6 Å². The molecule has 5 aliphatic rings. The number of carbonyl (C=O) groups is 1. The molecule has 0 radical (unpaired) electrons. The van der Waals surface area contributed by atoms with Gasteiger partial charge in [-0.15, -0.1) is 0 Å². The van der Waals surface area contributed by atoms with Crippen molar-refractivity contribution < 1.29 is 9.90 Å². The Kier molecular flexibility index (Phi) is 6.84. The SMILES string of the molecule is CC(CCC(=O)N1CCN(c2nnnn2C)CC1)[C@H]1CC[C@H]2[C@@H]3CC=C4C[C@@H](O)CC[C@]4(C)[C@H]3CC[C@]12C. The number of allylic oxidation sites excluding steroid dienone is 1. The normalized spacial score (nSPS) is 39.7. The van der Waals surface area contributed by atoms with Crippen LogP contribution in [0.5, 0.6) is 0 Å². The van der Waals surface area contributed by atoms with Gasteiger partial charge in [-0.3, -0.25) is 4.79 Å². The van der Waals surface area contributed by atoms with Crippen LogP contribution in [-0.4, -0.2) is 68.4 Å². The van der Waals surface area contributed by atoms with Gasteiger partial charge in [0, 0.05) is 39.6 Å². The van der Waals surface area contributed by atoms with Crippen LogP contribution in [0.4, 0.5) is 5.95 Å². The third kappa shape index (κ3) is 4.29. The topological polar surface area (TPSA) is 87.4 Å². The van der Waals surface area contributed by atoms with Crippen LogP contribution in [0.2, 0.25) is 0 Å². The van der Waals surface area contributed by atoms with Gasteiger partial charge in [-0.2, -0.15) is 0 Å². The smallest absolute Gasteiger partial charge is 0.245 e. The van der Waals surface area contributed by atoms with E-state index in [4.69, 9.17) is 0 Å². The van der Waals surface area contributed by atoms with Gasteiger partial charge in [0.2, 0.25) is 11.9 Å². The number of rotatable bonds is 5. The van der Waals surface area contributed by atoms with Crippen LogP contribution in [0, 0.1) is 40.4 Å². The summed E-state index contributed by atoms with van der Waals surface area (Å²) >= 11 is 0. The number of carbonyl (C=O) groups excluding carboxylic acids is 1. The molecule has 8 nitrogen and oxygen atoms in total. The van der Waals surface area contributed by atoms with Gasteiger partial charge in [0.1, 0.15) is 0 Å². The molecule has 1 aromatic rings. The van der Waals surface area contributed by atoms with E-state index in [1.54, 1.807) is 10.3 Å². The van der Waals surface area contributed by atoms with Crippen LogP contribution in [0.3, 0.4) is 0 Å². The molecule has 210 valence electrons. The lowest BCUT2D eigenvalue weighted by Gasteiger charge is -2.58. The molecule has 3 saturated carbocycles. The molecule has 1 unspecified atom stereocenters. The summed E-state index contributed by atoms with van der Waals surface area (Å²) in [6.45, 7) is 10.6. The average molecular weight is 525 g/mol. The van der Waals surface area contributed by atoms with Crippen LogP contribution in [0.1, 0.15) is 85.0 Å². The third-order valence-corrected chi connectivity index (χ3v) is 12.2. The van der Waals surface area contributed by atoms with E-state index in [-0.39, 0.29) is 6.10 Å².